The van der Waals surface area contributed by atoms with Crippen molar-refractivity contribution in [2.75, 3.05) is 11.9 Å². The Morgan fingerprint density at radius 3 is 2.53 bits per heavy atom. The minimum absolute atomic E-state index is 0.0274. The van der Waals surface area contributed by atoms with Crippen LogP contribution in [-0.4, -0.2) is 68.0 Å². The summed E-state index contributed by atoms with van der Waals surface area (Å²) in [7, 11) is 0. The Labute approximate surface area is 220 Å². The number of rotatable bonds is 7. The van der Waals surface area contributed by atoms with Crippen molar-refractivity contribution >= 4 is 29.0 Å². The van der Waals surface area contributed by atoms with Gasteiger partial charge in [-0.3, -0.25) is 9.59 Å². The first-order valence-corrected chi connectivity index (χ1v) is 13.4. The van der Waals surface area contributed by atoms with Crippen LogP contribution in [0.15, 0.2) is 12.3 Å². The molecule has 8 nitrogen and oxygen atoms in total. The van der Waals surface area contributed by atoms with Crippen molar-refractivity contribution in [1.82, 2.24) is 20.2 Å². The second kappa shape index (κ2) is 9.74. The highest BCUT2D eigenvalue weighted by Crippen LogP contribution is 2.41. The van der Waals surface area contributed by atoms with Crippen LogP contribution < -0.4 is 10.6 Å². The van der Waals surface area contributed by atoms with Gasteiger partial charge in [0.25, 0.3) is 24.2 Å². The number of pyridine rings is 1. The molecule has 5 rings (SSSR count). The molecular weight excluding hydrogens is 526 g/mol. The van der Waals surface area contributed by atoms with Crippen LogP contribution in [0.1, 0.15) is 84.7 Å². The Kier molecular flexibility index (Phi) is 6.87. The number of hydrogen-bond acceptors (Lipinski definition) is 7. The molecule has 13 heteroatoms. The number of aliphatic hydroxyl groups excluding tert-OH is 1. The average Bonchev–Trinajstić information content (AvgIpc) is 3.36. The molecule has 206 valence electrons. The second-order valence-electron chi connectivity index (χ2n) is 10.8. The zero-order chi connectivity index (χ0) is 27.4. The largest absolute Gasteiger partial charge is 0.393 e. The molecule has 3 fully saturated rings. The summed E-state index contributed by atoms with van der Waals surface area (Å²) in [6, 6.07) is 0.140. The SMILES string of the molecule is CC1CC(F)(F)CN1C(=O)c1nc(C(=O)NC2CC(O)C2)sc1-c1cnc(NC2(C)CCC2)cc1C(F)F. The fourth-order valence-corrected chi connectivity index (χ4v) is 6.16. The van der Waals surface area contributed by atoms with Crippen LogP contribution in [0, 0.1) is 0 Å². The van der Waals surface area contributed by atoms with Crippen molar-refractivity contribution < 1.29 is 32.3 Å². The summed E-state index contributed by atoms with van der Waals surface area (Å²) in [5, 5.41) is 15.2. The molecule has 38 heavy (non-hydrogen) atoms. The highest BCUT2D eigenvalue weighted by Gasteiger charge is 2.46. The molecule has 1 atom stereocenters. The van der Waals surface area contributed by atoms with Gasteiger partial charge in [0, 0.05) is 41.4 Å². The Morgan fingerprint density at radius 1 is 1.26 bits per heavy atom. The van der Waals surface area contributed by atoms with Gasteiger partial charge in [-0.2, -0.15) is 0 Å². The van der Waals surface area contributed by atoms with Gasteiger partial charge >= 0.3 is 0 Å². The average molecular weight is 556 g/mol. The molecule has 1 unspecified atom stereocenters. The summed E-state index contributed by atoms with van der Waals surface area (Å²) in [5.41, 5.74) is -1.07. The number of halogens is 4. The highest BCUT2D eigenvalue weighted by molar-refractivity contribution is 7.17. The van der Waals surface area contributed by atoms with Crippen molar-refractivity contribution in [2.45, 2.75) is 88.4 Å². The number of hydrogen-bond donors (Lipinski definition) is 3. The molecule has 3 heterocycles. The summed E-state index contributed by atoms with van der Waals surface area (Å²) < 4.78 is 56.7. The van der Waals surface area contributed by atoms with Crippen LogP contribution in [0.25, 0.3) is 10.4 Å². The van der Waals surface area contributed by atoms with E-state index in [1.807, 2.05) is 6.92 Å². The van der Waals surface area contributed by atoms with E-state index in [1.54, 1.807) is 0 Å². The molecule has 2 aliphatic carbocycles. The lowest BCUT2D eigenvalue weighted by molar-refractivity contribution is 0.0117. The predicted octanol–water partition coefficient (Wildman–Crippen LogP) is 4.62. The lowest BCUT2D eigenvalue weighted by Crippen LogP contribution is -2.46. The quantitative estimate of drug-likeness (QED) is 0.431. The van der Waals surface area contributed by atoms with Crippen LogP contribution in [0.5, 0.6) is 0 Å². The van der Waals surface area contributed by atoms with Gasteiger partial charge in [0.15, 0.2) is 5.01 Å². The fourth-order valence-electron chi connectivity index (χ4n) is 5.17. The van der Waals surface area contributed by atoms with Crippen LogP contribution >= 0.6 is 11.3 Å². The smallest absolute Gasteiger partial charge is 0.280 e. The monoisotopic (exact) mass is 555 g/mol. The molecule has 1 aliphatic heterocycles. The van der Waals surface area contributed by atoms with E-state index >= 15 is 0 Å². The first-order chi connectivity index (χ1) is 17.8. The molecule has 3 N–H and O–H groups in total. The highest BCUT2D eigenvalue weighted by atomic mass is 32.1. The molecule has 2 aromatic rings. The summed E-state index contributed by atoms with van der Waals surface area (Å²) in [6.07, 6.45) is 0.737. The van der Waals surface area contributed by atoms with Crippen molar-refractivity contribution in [2.24, 2.45) is 0 Å². The van der Waals surface area contributed by atoms with Crippen LogP contribution in [-0.2, 0) is 0 Å². The number of carbonyl (C=O) groups is 2. The van der Waals surface area contributed by atoms with Crippen molar-refractivity contribution in [1.29, 1.82) is 0 Å². The molecule has 0 radical (unpaired) electrons. The zero-order valence-corrected chi connectivity index (χ0v) is 21.8. The Balaban J connectivity index is 1.53. The fraction of sp³-hybridized carbons (Fsp3) is 0.600. The maximum Gasteiger partial charge on any atom is 0.280 e. The van der Waals surface area contributed by atoms with E-state index in [2.05, 4.69) is 20.6 Å². The molecular formula is C25H29F4N5O3S. The molecule has 0 aromatic carbocycles. The normalized spacial score (nSPS) is 25.6. The third kappa shape index (κ3) is 5.22. The molecule has 3 aliphatic rings. The van der Waals surface area contributed by atoms with Crippen molar-refractivity contribution in [3.63, 3.8) is 0 Å². The minimum Gasteiger partial charge on any atom is -0.393 e. The maximum absolute atomic E-state index is 14.3. The van der Waals surface area contributed by atoms with Gasteiger partial charge in [-0.1, -0.05) is 0 Å². The number of anilines is 1. The minimum atomic E-state index is -3.09. The lowest BCUT2D eigenvalue weighted by Gasteiger charge is -2.39. The lowest BCUT2D eigenvalue weighted by atomic mass is 9.78. The molecule has 2 aromatic heterocycles. The van der Waals surface area contributed by atoms with Gasteiger partial charge in [-0.25, -0.2) is 27.5 Å². The molecule has 0 spiro atoms. The molecule has 2 saturated carbocycles. The molecule has 1 saturated heterocycles. The number of aromatic nitrogens is 2. The van der Waals surface area contributed by atoms with Crippen molar-refractivity contribution in [3.8, 4) is 10.4 Å². The van der Waals surface area contributed by atoms with E-state index in [0.29, 0.717) is 12.8 Å². The van der Waals surface area contributed by atoms with E-state index in [0.717, 1.165) is 35.5 Å². The summed E-state index contributed by atoms with van der Waals surface area (Å²) in [4.78, 5) is 35.7. The number of amides is 2. The van der Waals surface area contributed by atoms with E-state index < -0.39 is 54.8 Å². The number of alkyl halides is 4. The maximum atomic E-state index is 14.3. The zero-order valence-electron chi connectivity index (χ0n) is 20.9. The van der Waals surface area contributed by atoms with E-state index in [9.17, 15) is 32.3 Å². The molecule has 2 amide bonds. The number of carbonyl (C=O) groups excluding carboxylic acids is 2. The van der Waals surface area contributed by atoms with Gasteiger partial charge in [0.1, 0.15) is 11.5 Å². The van der Waals surface area contributed by atoms with Gasteiger partial charge in [0.05, 0.1) is 17.5 Å². The van der Waals surface area contributed by atoms with Crippen LogP contribution in [0.3, 0.4) is 0 Å². The number of thiazole rings is 1. The first-order valence-electron chi connectivity index (χ1n) is 12.6. The molecule has 0 bridgehead atoms. The third-order valence-corrected chi connectivity index (χ3v) is 8.65. The second-order valence-corrected chi connectivity index (χ2v) is 11.8. The summed E-state index contributed by atoms with van der Waals surface area (Å²) in [6.45, 7) is 2.63. The summed E-state index contributed by atoms with van der Waals surface area (Å²) >= 11 is 0.738. The van der Waals surface area contributed by atoms with Gasteiger partial charge in [0.2, 0.25) is 0 Å². The number of aliphatic hydroxyl groups is 1. The van der Waals surface area contributed by atoms with Crippen LogP contribution in [0.2, 0.25) is 0 Å². The van der Waals surface area contributed by atoms with E-state index in [-0.39, 0.29) is 38.5 Å². The Bertz CT molecular complexity index is 1250. The van der Waals surface area contributed by atoms with E-state index in [4.69, 9.17) is 0 Å². The van der Waals surface area contributed by atoms with Crippen LogP contribution in [0.4, 0.5) is 23.4 Å². The first kappa shape index (κ1) is 26.8. The Hall–Kier alpha value is -2.80. The standard InChI is InChI=1S/C25H29F4N5O3S/c1-12-9-25(28,29)11-34(12)23(37)18-19(38-22(32-18)21(36)31-13-6-14(35)7-13)16-10-30-17(8-15(16)20(26)27)33-24(2)4-3-5-24/h8,10,12-14,20,35H,3-7,9,11H2,1-2H3,(H,30,33)(H,31,36). The predicted molar refractivity (Wildman–Crippen MR) is 133 cm³/mol. The van der Waals surface area contributed by atoms with Gasteiger partial charge in [-0.15, -0.1) is 11.3 Å². The van der Waals surface area contributed by atoms with Gasteiger partial charge < -0.3 is 20.6 Å². The topological polar surface area (TPSA) is 107 Å². The third-order valence-electron chi connectivity index (χ3n) is 7.56. The Morgan fingerprint density at radius 2 is 1.97 bits per heavy atom. The number of nitrogens with one attached hydrogen (secondary N) is 2. The number of likely N-dealkylation sites (tertiary alicyclic amines) is 1. The number of nitrogens with zero attached hydrogens (tertiary/aromatic N) is 3. The van der Waals surface area contributed by atoms with Crippen molar-refractivity contribution in [3.05, 3.63) is 28.5 Å². The van der Waals surface area contributed by atoms with E-state index in [1.165, 1.54) is 19.2 Å². The van der Waals surface area contributed by atoms with Gasteiger partial charge in [-0.05, 0) is 52.0 Å². The summed E-state index contributed by atoms with van der Waals surface area (Å²) in [5.74, 6) is -4.31.